The number of carbonyl (C=O) groups excluding carboxylic acids is 1. The van der Waals surface area contributed by atoms with E-state index in [1.807, 2.05) is 6.07 Å². The van der Waals surface area contributed by atoms with Gasteiger partial charge in [0.05, 0.1) is 6.54 Å². The van der Waals surface area contributed by atoms with Gasteiger partial charge in [-0.2, -0.15) is 5.10 Å². The molecule has 4 heteroatoms. The third kappa shape index (κ3) is 4.80. The van der Waals surface area contributed by atoms with E-state index in [9.17, 15) is 4.79 Å². The quantitative estimate of drug-likeness (QED) is 0.607. The van der Waals surface area contributed by atoms with Crippen molar-refractivity contribution in [3.05, 3.63) is 35.9 Å². The lowest BCUT2D eigenvalue weighted by atomic mass is 9.76. The smallest absolute Gasteiger partial charge is 0.169 e. The van der Waals surface area contributed by atoms with Crippen LogP contribution in [0.15, 0.2) is 35.4 Å². The van der Waals surface area contributed by atoms with Crippen LogP contribution in [0.1, 0.15) is 38.7 Å². The molecule has 1 aliphatic rings. The van der Waals surface area contributed by atoms with Gasteiger partial charge in [-0.15, -0.1) is 0 Å². The van der Waals surface area contributed by atoms with Gasteiger partial charge in [-0.25, -0.2) is 0 Å². The maximum atomic E-state index is 12.0. The van der Waals surface area contributed by atoms with Crippen LogP contribution in [-0.4, -0.2) is 24.4 Å². The van der Waals surface area contributed by atoms with Crippen molar-refractivity contribution in [1.29, 1.82) is 0 Å². The van der Waals surface area contributed by atoms with Crippen molar-refractivity contribution in [1.82, 2.24) is 4.67 Å². The minimum absolute atomic E-state index is 0.0476. The highest BCUT2D eigenvalue weighted by atomic mass is 28.3. The average Bonchev–Trinajstić information content (AvgIpc) is 2.35. The SMILES string of the molecule is CC1(C)CC(=O)CC(=NN(Cc2ccccc2)[Si](C)(C)C)C1. The third-order valence-electron chi connectivity index (χ3n) is 3.97. The Balaban J connectivity index is 2.23. The van der Waals surface area contributed by atoms with Gasteiger partial charge in [0.25, 0.3) is 0 Å². The zero-order valence-corrected chi connectivity index (χ0v) is 15.5. The number of hydrogen-bond donors (Lipinski definition) is 0. The minimum atomic E-state index is -1.59. The van der Waals surface area contributed by atoms with E-state index < -0.39 is 8.24 Å². The van der Waals surface area contributed by atoms with E-state index in [4.69, 9.17) is 5.10 Å². The second-order valence-corrected chi connectivity index (χ2v) is 13.0. The fourth-order valence-electron chi connectivity index (χ4n) is 2.92. The molecule has 0 spiro atoms. The number of hydrogen-bond acceptors (Lipinski definition) is 3. The summed E-state index contributed by atoms with van der Waals surface area (Å²) in [5.74, 6) is 0.324. The molecule has 0 unspecified atom stereocenters. The Morgan fingerprint density at radius 1 is 1.14 bits per heavy atom. The molecule has 0 heterocycles. The minimum Gasteiger partial charge on any atom is -0.320 e. The van der Waals surface area contributed by atoms with E-state index in [0.717, 1.165) is 18.7 Å². The van der Waals surface area contributed by atoms with Crippen LogP contribution in [0.5, 0.6) is 0 Å². The topological polar surface area (TPSA) is 32.7 Å². The number of Topliss-reactive ketones (excluding diaryl/α,β-unsaturated/α-hetero) is 1. The molecule has 1 saturated carbocycles. The lowest BCUT2D eigenvalue weighted by Crippen LogP contribution is -2.43. The van der Waals surface area contributed by atoms with Crippen LogP contribution in [-0.2, 0) is 11.3 Å². The van der Waals surface area contributed by atoms with E-state index in [1.54, 1.807) is 0 Å². The highest BCUT2D eigenvalue weighted by molar-refractivity contribution is 6.73. The summed E-state index contributed by atoms with van der Waals surface area (Å²) in [6.45, 7) is 12.1. The molecule has 0 bridgehead atoms. The second-order valence-electron chi connectivity index (χ2n) is 8.11. The molecule has 0 amide bonds. The van der Waals surface area contributed by atoms with Crippen molar-refractivity contribution >= 4 is 19.7 Å². The molecule has 1 aliphatic carbocycles. The van der Waals surface area contributed by atoms with Gasteiger partial charge in [-0.3, -0.25) is 4.79 Å². The number of carbonyl (C=O) groups is 1. The predicted octanol–water partition coefficient (Wildman–Crippen LogP) is 4.46. The van der Waals surface area contributed by atoms with Crippen LogP contribution in [0, 0.1) is 5.41 Å². The van der Waals surface area contributed by atoms with Gasteiger partial charge >= 0.3 is 0 Å². The van der Waals surface area contributed by atoms with Crippen LogP contribution < -0.4 is 0 Å². The highest BCUT2D eigenvalue weighted by Crippen LogP contribution is 2.32. The number of hydrazone groups is 1. The van der Waals surface area contributed by atoms with Gasteiger partial charge in [-0.1, -0.05) is 63.8 Å². The molecular formula is C18H28N2OSi. The van der Waals surface area contributed by atoms with Crippen molar-refractivity contribution in [2.75, 3.05) is 0 Å². The first-order valence-electron chi connectivity index (χ1n) is 8.05. The Hall–Kier alpha value is -1.42. The largest absolute Gasteiger partial charge is 0.320 e. The molecule has 1 aromatic carbocycles. The number of benzene rings is 1. The zero-order chi connectivity index (χ0) is 16.4. The lowest BCUT2D eigenvalue weighted by Gasteiger charge is -2.35. The number of nitrogens with zero attached hydrogens (tertiary/aromatic N) is 2. The molecule has 120 valence electrons. The third-order valence-corrected chi connectivity index (χ3v) is 5.78. The molecule has 0 N–H and O–H groups in total. The summed E-state index contributed by atoms with van der Waals surface area (Å²) in [5, 5.41) is 4.94. The molecule has 22 heavy (non-hydrogen) atoms. The van der Waals surface area contributed by atoms with Crippen LogP contribution in [0.3, 0.4) is 0 Å². The van der Waals surface area contributed by atoms with Gasteiger partial charge in [-0.05, 0) is 17.4 Å². The Bertz CT molecular complexity index is 558. The summed E-state index contributed by atoms with van der Waals surface area (Å²) in [5.41, 5.74) is 2.38. The monoisotopic (exact) mass is 316 g/mol. The Kier molecular flexibility index (Phi) is 4.90. The summed E-state index contributed by atoms with van der Waals surface area (Å²) in [7, 11) is -1.59. The zero-order valence-electron chi connectivity index (χ0n) is 14.5. The van der Waals surface area contributed by atoms with E-state index in [0.29, 0.717) is 18.6 Å². The molecule has 0 atom stereocenters. The molecule has 0 radical (unpaired) electrons. The van der Waals surface area contributed by atoms with Crippen LogP contribution in [0.4, 0.5) is 0 Å². The van der Waals surface area contributed by atoms with Crippen LogP contribution in [0.25, 0.3) is 0 Å². The standard InChI is InChI=1S/C18H28N2OSi/c1-18(2)12-16(11-17(21)13-18)19-20(22(3,4)5)14-15-9-7-6-8-10-15/h6-10H,11-14H2,1-5H3. The van der Waals surface area contributed by atoms with E-state index in [2.05, 4.69) is 62.4 Å². The first-order valence-corrected chi connectivity index (χ1v) is 11.5. The Morgan fingerprint density at radius 2 is 1.77 bits per heavy atom. The molecule has 1 fully saturated rings. The summed E-state index contributed by atoms with van der Waals surface area (Å²) < 4.78 is 2.26. The molecule has 0 aliphatic heterocycles. The van der Waals surface area contributed by atoms with Crippen LogP contribution in [0.2, 0.25) is 19.6 Å². The first kappa shape index (κ1) is 16.9. The molecule has 0 aromatic heterocycles. The van der Waals surface area contributed by atoms with Crippen LogP contribution >= 0.6 is 0 Å². The van der Waals surface area contributed by atoms with E-state index in [1.165, 1.54) is 5.56 Å². The van der Waals surface area contributed by atoms with Crippen molar-refractivity contribution in [3.63, 3.8) is 0 Å². The molecule has 2 rings (SSSR count). The first-order chi connectivity index (χ1) is 10.2. The second kappa shape index (κ2) is 6.37. The van der Waals surface area contributed by atoms with Gasteiger partial charge < -0.3 is 4.67 Å². The summed E-state index contributed by atoms with van der Waals surface area (Å²) >= 11 is 0. The summed E-state index contributed by atoms with van der Waals surface area (Å²) in [6.07, 6.45) is 2.13. The van der Waals surface area contributed by atoms with Gasteiger partial charge in [0.15, 0.2) is 8.24 Å². The average molecular weight is 317 g/mol. The molecule has 1 aromatic rings. The highest BCUT2D eigenvalue weighted by Gasteiger charge is 2.32. The van der Waals surface area contributed by atoms with Crippen molar-refractivity contribution < 1.29 is 4.79 Å². The molecule has 0 saturated heterocycles. The number of rotatable bonds is 4. The number of ketones is 1. The Labute approximate surface area is 135 Å². The fraction of sp³-hybridized carbons (Fsp3) is 0.556. The van der Waals surface area contributed by atoms with Gasteiger partial charge in [0.1, 0.15) is 5.78 Å². The fourth-order valence-corrected chi connectivity index (χ4v) is 4.02. The molecule has 3 nitrogen and oxygen atoms in total. The lowest BCUT2D eigenvalue weighted by molar-refractivity contribution is -0.120. The molecular weight excluding hydrogens is 288 g/mol. The van der Waals surface area contributed by atoms with Gasteiger partial charge in [0.2, 0.25) is 0 Å². The summed E-state index contributed by atoms with van der Waals surface area (Å²) in [6, 6.07) is 10.5. The van der Waals surface area contributed by atoms with Crippen molar-refractivity contribution in [2.45, 2.75) is 59.3 Å². The maximum absolute atomic E-state index is 12.0. The van der Waals surface area contributed by atoms with Gasteiger partial charge in [0, 0.05) is 18.6 Å². The van der Waals surface area contributed by atoms with Crippen molar-refractivity contribution in [3.8, 4) is 0 Å². The predicted molar refractivity (Wildman–Crippen MR) is 95.4 cm³/mol. The van der Waals surface area contributed by atoms with Crippen molar-refractivity contribution in [2.24, 2.45) is 10.5 Å². The normalized spacial score (nSPS) is 20.2. The Morgan fingerprint density at radius 3 is 2.32 bits per heavy atom. The summed E-state index contributed by atoms with van der Waals surface area (Å²) in [4.78, 5) is 12.0. The maximum Gasteiger partial charge on any atom is 0.169 e. The van der Waals surface area contributed by atoms with E-state index >= 15 is 0 Å². The van der Waals surface area contributed by atoms with E-state index in [-0.39, 0.29) is 5.41 Å².